The van der Waals surface area contributed by atoms with Crippen molar-refractivity contribution in [1.29, 1.82) is 0 Å². The lowest BCUT2D eigenvalue weighted by Crippen LogP contribution is -2.24. The number of hydrogen-bond donors (Lipinski definition) is 0. The minimum absolute atomic E-state index is 0.222. The fraction of sp³-hybridized carbons (Fsp3) is 1.00. The summed E-state index contributed by atoms with van der Waals surface area (Å²) in [6, 6.07) is 0. The summed E-state index contributed by atoms with van der Waals surface area (Å²) >= 11 is 0. The second kappa shape index (κ2) is 5.46. The van der Waals surface area contributed by atoms with Gasteiger partial charge in [-0.1, -0.05) is 13.8 Å². The van der Waals surface area contributed by atoms with Gasteiger partial charge in [-0.3, -0.25) is 0 Å². The Morgan fingerprint density at radius 2 is 1.83 bits per heavy atom. The van der Waals surface area contributed by atoms with Crippen LogP contribution in [0.3, 0.4) is 0 Å². The third-order valence-electron chi connectivity index (χ3n) is 1.38. The smallest absolute Gasteiger partial charge is 0.447 e. The molecular weight excluding hydrogens is 168 g/mol. The van der Waals surface area contributed by atoms with Crippen molar-refractivity contribution in [2.24, 2.45) is 5.92 Å². The Kier molecular flexibility index (Phi) is 5.37. The molecule has 0 amide bonds. The summed E-state index contributed by atoms with van der Waals surface area (Å²) < 4.78 is 39.2. The first-order chi connectivity index (χ1) is 5.42. The second-order valence-electron chi connectivity index (χ2n) is 3.32. The van der Waals surface area contributed by atoms with Crippen LogP contribution in [-0.2, 0) is 4.74 Å². The maximum Gasteiger partial charge on any atom is 0.503 e. The fourth-order valence-electron chi connectivity index (χ4n) is 0.811. The van der Waals surface area contributed by atoms with Crippen LogP contribution in [0.2, 0.25) is 0 Å². The summed E-state index contributed by atoms with van der Waals surface area (Å²) in [4.78, 5) is 0. The van der Waals surface area contributed by atoms with Crippen molar-refractivity contribution in [2.75, 3.05) is 13.1 Å². The van der Waals surface area contributed by atoms with E-state index in [0.717, 1.165) is 6.42 Å². The van der Waals surface area contributed by atoms with E-state index in [1.54, 1.807) is 0 Å². The molecule has 0 aliphatic carbocycles. The SMILES string of the molecule is CC(C)CCCOC[B-](F)(F)F. The van der Waals surface area contributed by atoms with Crippen molar-refractivity contribution >= 4 is 6.98 Å². The Bertz CT molecular complexity index is 114. The highest BCUT2D eigenvalue weighted by atomic mass is 19.4. The zero-order valence-corrected chi connectivity index (χ0v) is 7.53. The molecule has 0 N–H and O–H groups in total. The molecular formula is C7H15BF3O-. The summed E-state index contributed by atoms with van der Waals surface area (Å²) in [5.74, 6) is 0.532. The molecule has 0 fully saturated rings. The monoisotopic (exact) mass is 183 g/mol. The van der Waals surface area contributed by atoms with Gasteiger partial charge in [0.15, 0.2) is 0 Å². The summed E-state index contributed by atoms with van der Waals surface area (Å²) in [6.07, 6.45) is 1.63. The Balaban J connectivity index is 3.12. The van der Waals surface area contributed by atoms with E-state index in [1.807, 2.05) is 13.8 Å². The van der Waals surface area contributed by atoms with Crippen LogP contribution in [0, 0.1) is 5.92 Å². The van der Waals surface area contributed by atoms with Crippen molar-refractivity contribution in [3.05, 3.63) is 0 Å². The van der Waals surface area contributed by atoms with Gasteiger partial charge in [-0.2, -0.15) is 0 Å². The van der Waals surface area contributed by atoms with Crippen molar-refractivity contribution < 1.29 is 17.7 Å². The summed E-state index contributed by atoms with van der Waals surface area (Å²) in [7, 11) is 0. The zero-order chi connectivity index (χ0) is 9.61. The summed E-state index contributed by atoms with van der Waals surface area (Å²) in [6.45, 7) is -1.52. The van der Waals surface area contributed by atoms with E-state index in [9.17, 15) is 12.9 Å². The van der Waals surface area contributed by atoms with Crippen LogP contribution in [0.1, 0.15) is 26.7 Å². The molecule has 0 saturated carbocycles. The van der Waals surface area contributed by atoms with Gasteiger partial charge in [-0.15, -0.1) is 0 Å². The topological polar surface area (TPSA) is 9.23 Å². The molecule has 0 spiro atoms. The Morgan fingerprint density at radius 3 is 2.25 bits per heavy atom. The van der Waals surface area contributed by atoms with Crippen LogP contribution in [0.25, 0.3) is 0 Å². The molecule has 0 aromatic heterocycles. The van der Waals surface area contributed by atoms with E-state index in [0.29, 0.717) is 12.3 Å². The normalized spacial score (nSPS) is 12.5. The quantitative estimate of drug-likeness (QED) is 0.454. The highest BCUT2D eigenvalue weighted by Gasteiger charge is 2.22. The molecule has 1 nitrogen and oxygen atoms in total. The van der Waals surface area contributed by atoms with Gasteiger partial charge in [0.2, 0.25) is 0 Å². The van der Waals surface area contributed by atoms with Crippen molar-refractivity contribution in [3.8, 4) is 0 Å². The molecule has 0 atom stereocenters. The lowest BCUT2D eigenvalue weighted by atomic mass is 9.95. The molecule has 0 heterocycles. The Labute approximate surface area is 71.3 Å². The fourth-order valence-corrected chi connectivity index (χ4v) is 0.811. The summed E-state index contributed by atoms with van der Waals surface area (Å²) in [5.41, 5.74) is 0. The van der Waals surface area contributed by atoms with Gasteiger partial charge in [-0.05, 0) is 18.8 Å². The molecule has 74 valence electrons. The Hall–Kier alpha value is -0.185. The highest BCUT2D eigenvalue weighted by molar-refractivity contribution is 6.58. The summed E-state index contributed by atoms with van der Waals surface area (Å²) in [5, 5.41) is 0. The van der Waals surface area contributed by atoms with Gasteiger partial charge in [0.1, 0.15) is 0 Å². The van der Waals surface area contributed by atoms with E-state index in [4.69, 9.17) is 0 Å². The molecule has 0 radical (unpaired) electrons. The molecule has 0 aliphatic heterocycles. The largest absolute Gasteiger partial charge is 0.503 e. The lowest BCUT2D eigenvalue weighted by Gasteiger charge is -2.13. The third kappa shape index (κ3) is 9.81. The average Bonchev–Trinajstić information content (AvgIpc) is 1.83. The number of halogens is 3. The molecule has 0 aliphatic rings. The predicted octanol–water partition coefficient (Wildman–Crippen LogP) is 2.83. The lowest BCUT2D eigenvalue weighted by molar-refractivity contribution is 0.143. The minimum Gasteiger partial charge on any atom is -0.447 e. The zero-order valence-electron chi connectivity index (χ0n) is 7.53. The minimum atomic E-state index is -4.76. The van der Waals surface area contributed by atoms with Gasteiger partial charge < -0.3 is 17.7 Å². The maximum absolute atomic E-state index is 11.6. The molecule has 12 heavy (non-hydrogen) atoms. The van der Waals surface area contributed by atoms with Gasteiger partial charge in [0, 0.05) is 13.1 Å². The number of ether oxygens (including phenoxy) is 1. The van der Waals surface area contributed by atoms with E-state index < -0.39 is 13.5 Å². The van der Waals surface area contributed by atoms with Crippen LogP contribution in [0.4, 0.5) is 12.9 Å². The van der Waals surface area contributed by atoms with Crippen LogP contribution >= 0.6 is 0 Å². The number of rotatable bonds is 6. The first-order valence-corrected chi connectivity index (χ1v) is 4.20. The molecule has 0 aromatic carbocycles. The number of hydrogen-bond acceptors (Lipinski definition) is 1. The predicted molar refractivity (Wildman–Crippen MR) is 44.0 cm³/mol. The second-order valence-corrected chi connectivity index (χ2v) is 3.32. The van der Waals surface area contributed by atoms with Crippen LogP contribution in [0.5, 0.6) is 0 Å². The average molecular weight is 183 g/mol. The van der Waals surface area contributed by atoms with Crippen molar-refractivity contribution in [3.63, 3.8) is 0 Å². The molecule has 5 heteroatoms. The molecule has 0 bridgehead atoms. The molecule has 0 rings (SSSR count). The molecule has 0 aromatic rings. The third-order valence-corrected chi connectivity index (χ3v) is 1.38. The first kappa shape index (κ1) is 11.8. The van der Waals surface area contributed by atoms with Crippen LogP contribution in [-0.4, -0.2) is 20.1 Å². The Morgan fingerprint density at radius 1 is 1.25 bits per heavy atom. The van der Waals surface area contributed by atoms with Gasteiger partial charge in [0.05, 0.1) is 0 Å². The van der Waals surface area contributed by atoms with Crippen LogP contribution < -0.4 is 0 Å². The van der Waals surface area contributed by atoms with E-state index in [-0.39, 0.29) is 6.61 Å². The van der Waals surface area contributed by atoms with Crippen LogP contribution in [0.15, 0.2) is 0 Å². The maximum atomic E-state index is 11.6. The van der Waals surface area contributed by atoms with Gasteiger partial charge in [-0.25, -0.2) is 0 Å². The van der Waals surface area contributed by atoms with E-state index in [2.05, 4.69) is 4.74 Å². The molecule has 0 saturated heterocycles. The van der Waals surface area contributed by atoms with E-state index >= 15 is 0 Å². The van der Waals surface area contributed by atoms with Crippen molar-refractivity contribution in [1.82, 2.24) is 0 Å². The van der Waals surface area contributed by atoms with E-state index in [1.165, 1.54) is 0 Å². The first-order valence-electron chi connectivity index (χ1n) is 4.20. The molecule has 0 unspecified atom stereocenters. The van der Waals surface area contributed by atoms with Gasteiger partial charge in [0.25, 0.3) is 0 Å². The van der Waals surface area contributed by atoms with Crippen molar-refractivity contribution in [2.45, 2.75) is 26.7 Å². The highest BCUT2D eigenvalue weighted by Crippen LogP contribution is 2.09. The standard InChI is InChI=1S/C7H15BF3O/c1-7(2)4-3-5-12-6-8(9,10)11/h7H,3-6H2,1-2H3/q-1. The van der Waals surface area contributed by atoms with Gasteiger partial charge >= 0.3 is 6.98 Å².